The van der Waals surface area contributed by atoms with Crippen LogP contribution in [-0.4, -0.2) is 10.2 Å². The van der Waals surface area contributed by atoms with Crippen LogP contribution >= 0.6 is 11.3 Å². The normalized spacial score (nSPS) is 21.1. The Hall–Kier alpha value is -1.13. The number of aryl methyl sites for hydroxylation is 1. The third-order valence-electron chi connectivity index (χ3n) is 3.49. The highest BCUT2D eigenvalue weighted by atomic mass is 32.1. The second kappa shape index (κ2) is 4.63. The smallest absolute Gasteiger partial charge is 0.0518 e. The third-order valence-corrected chi connectivity index (χ3v) is 4.49. The fourth-order valence-electron chi connectivity index (χ4n) is 2.56. The van der Waals surface area contributed by atoms with Crippen molar-refractivity contribution in [1.82, 2.24) is 15.5 Å². The molecule has 2 unspecified atom stereocenters. The summed E-state index contributed by atoms with van der Waals surface area (Å²) in [5.41, 5.74) is 2.67. The summed E-state index contributed by atoms with van der Waals surface area (Å²) in [6.07, 6.45) is 5.59. The molecule has 0 bridgehead atoms. The van der Waals surface area contributed by atoms with Crippen LogP contribution < -0.4 is 5.32 Å². The lowest BCUT2D eigenvalue weighted by atomic mass is 9.93. The Labute approximate surface area is 105 Å². The van der Waals surface area contributed by atoms with Crippen LogP contribution in [0.5, 0.6) is 0 Å². The molecule has 90 valence electrons. The minimum Gasteiger partial charge on any atom is -0.302 e. The van der Waals surface area contributed by atoms with E-state index in [-0.39, 0.29) is 0 Å². The van der Waals surface area contributed by atoms with E-state index in [0.717, 1.165) is 5.69 Å². The molecule has 0 saturated carbocycles. The van der Waals surface area contributed by atoms with E-state index >= 15 is 0 Å². The molecule has 0 fully saturated rings. The second-order valence-corrected chi connectivity index (χ2v) is 5.64. The zero-order chi connectivity index (χ0) is 11.7. The van der Waals surface area contributed by atoms with Crippen molar-refractivity contribution < 1.29 is 0 Å². The van der Waals surface area contributed by atoms with Crippen molar-refractivity contribution in [2.75, 3.05) is 0 Å². The van der Waals surface area contributed by atoms with Gasteiger partial charge in [0.05, 0.1) is 5.69 Å². The number of aromatic nitrogens is 2. The molecular formula is C13H17N3S. The van der Waals surface area contributed by atoms with Gasteiger partial charge < -0.3 is 5.32 Å². The molecule has 3 nitrogen and oxygen atoms in total. The lowest BCUT2D eigenvalue weighted by molar-refractivity contribution is 0.413. The molecule has 0 aliphatic heterocycles. The maximum atomic E-state index is 4.01. The van der Waals surface area contributed by atoms with Crippen LogP contribution in [0.3, 0.4) is 0 Å². The van der Waals surface area contributed by atoms with Gasteiger partial charge in [-0.05, 0) is 49.3 Å². The number of hydrogen-bond donors (Lipinski definition) is 2. The van der Waals surface area contributed by atoms with Gasteiger partial charge in [0.2, 0.25) is 0 Å². The van der Waals surface area contributed by atoms with Crippen LogP contribution in [0.25, 0.3) is 0 Å². The highest BCUT2D eigenvalue weighted by Crippen LogP contribution is 2.34. The molecule has 0 amide bonds. The van der Waals surface area contributed by atoms with Crippen molar-refractivity contribution in [3.63, 3.8) is 0 Å². The molecule has 17 heavy (non-hydrogen) atoms. The second-order valence-electron chi connectivity index (χ2n) is 4.64. The molecule has 2 heterocycles. The van der Waals surface area contributed by atoms with E-state index in [2.05, 4.69) is 33.9 Å². The fraction of sp³-hybridized carbons (Fsp3) is 0.462. The van der Waals surface area contributed by atoms with E-state index in [9.17, 15) is 0 Å². The SMILES string of the molecule is CC(NC1CCCc2sccc21)c1ccn[nH]1. The zero-order valence-corrected chi connectivity index (χ0v) is 10.8. The summed E-state index contributed by atoms with van der Waals surface area (Å²) >= 11 is 1.89. The summed E-state index contributed by atoms with van der Waals surface area (Å²) in [4.78, 5) is 1.56. The largest absolute Gasteiger partial charge is 0.302 e. The number of nitrogens with one attached hydrogen (secondary N) is 2. The zero-order valence-electron chi connectivity index (χ0n) is 9.94. The highest BCUT2D eigenvalue weighted by molar-refractivity contribution is 7.10. The Balaban J connectivity index is 1.75. The maximum Gasteiger partial charge on any atom is 0.0518 e. The topological polar surface area (TPSA) is 40.7 Å². The number of nitrogens with zero attached hydrogens (tertiary/aromatic N) is 1. The van der Waals surface area contributed by atoms with Crippen molar-refractivity contribution in [2.24, 2.45) is 0 Å². The predicted molar refractivity (Wildman–Crippen MR) is 70.1 cm³/mol. The first-order valence-electron chi connectivity index (χ1n) is 6.16. The lowest BCUT2D eigenvalue weighted by Crippen LogP contribution is -2.27. The van der Waals surface area contributed by atoms with Gasteiger partial charge >= 0.3 is 0 Å². The Bertz CT molecular complexity index is 475. The summed E-state index contributed by atoms with van der Waals surface area (Å²) in [6, 6.07) is 5.14. The van der Waals surface area contributed by atoms with Gasteiger partial charge in [0.15, 0.2) is 0 Å². The van der Waals surface area contributed by atoms with E-state index in [1.807, 2.05) is 23.6 Å². The van der Waals surface area contributed by atoms with Gasteiger partial charge in [0.1, 0.15) is 0 Å². The Morgan fingerprint density at radius 2 is 2.47 bits per heavy atom. The van der Waals surface area contributed by atoms with Gasteiger partial charge in [-0.15, -0.1) is 11.3 Å². The first-order chi connectivity index (χ1) is 8.34. The number of fused-ring (bicyclic) bond motifs is 1. The average molecular weight is 247 g/mol. The highest BCUT2D eigenvalue weighted by Gasteiger charge is 2.22. The third kappa shape index (κ3) is 2.15. The molecular weight excluding hydrogens is 230 g/mol. The van der Waals surface area contributed by atoms with E-state index < -0.39 is 0 Å². The van der Waals surface area contributed by atoms with Crippen LogP contribution in [0.1, 0.15) is 48.0 Å². The molecule has 1 aliphatic rings. The summed E-state index contributed by atoms with van der Waals surface area (Å²) in [6.45, 7) is 2.19. The van der Waals surface area contributed by atoms with E-state index in [0.29, 0.717) is 12.1 Å². The summed E-state index contributed by atoms with van der Waals surface area (Å²) in [5.74, 6) is 0. The minimum absolute atomic E-state index is 0.327. The molecule has 2 aromatic rings. The molecule has 0 aromatic carbocycles. The van der Waals surface area contributed by atoms with Gasteiger partial charge in [-0.1, -0.05) is 0 Å². The quantitative estimate of drug-likeness (QED) is 0.874. The van der Waals surface area contributed by atoms with Gasteiger partial charge in [-0.25, -0.2) is 0 Å². The van der Waals surface area contributed by atoms with Crippen LogP contribution in [0, 0.1) is 0 Å². The van der Waals surface area contributed by atoms with Crippen LogP contribution in [0.15, 0.2) is 23.7 Å². The van der Waals surface area contributed by atoms with E-state index in [1.165, 1.54) is 24.8 Å². The number of rotatable bonds is 3. The first kappa shape index (κ1) is 11.0. The molecule has 0 radical (unpaired) electrons. The van der Waals surface area contributed by atoms with Crippen molar-refractivity contribution in [1.29, 1.82) is 0 Å². The Morgan fingerprint density at radius 1 is 1.53 bits per heavy atom. The van der Waals surface area contributed by atoms with Gasteiger partial charge in [-0.2, -0.15) is 5.10 Å². The minimum atomic E-state index is 0.327. The van der Waals surface area contributed by atoms with Gasteiger partial charge in [0.25, 0.3) is 0 Å². The molecule has 0 spiro atoms. The van der Waals surface area contributed by atoms with Crippen molar-refractivity contribution in [2.45, 2.75) is 38.3 Å². The molecule has 4 heteroatoms. The number of H-pyrrole nitrogens is 1. The molecule has 1 aliphatic carbocycles. The Kier molecular flexibility index (Phi) is 2.99. The summed E-state index contributed by atoms with van der Waals surface area (Å²) in [7, 11) is 0. The number of aromatic amines is 1. The van der Waals surface area contributed by atoms with Crippen molar-refractivity contribution in [3.05, 3.63) is 39.8 Å². The Morgan fingerprint density at radius 3 is 3.29 bits per heavy atom. The number of thiophene rings is 1. The summed E-state index contributed by atoms with van der Waals surface area (Å²) in [5, 5.41) is 13.0. The first-order valence-corrected chi connectivity index (χ1v) is 7.04. The van der Waals surface area contributed by atoms with Crippen molar-refractivity contribution >= 4 is 11.3 Å². The molecule has 2 N–H and O–H groups in total. The average Bonchev–Trinajstić information content (AvgIpc) is 3.00. The monoisotopic (exact) mass is 247 g/mol. The van der Waals surface area contributed by atoms with Crippen LogP contribution in [-0.2, 0) is 6.42 Å². The summed E-state index contributed by atoms with van der Waals surface area (Å²) < 4.78 is 0. The fourth-order valence-corrected chi connectivity index (χ4v) is 3.55. The van der Waals surface area contributed by atoms with Crippen LogP contribution in [0.4, 0.5) is 0 Å². The van der Waals surface area contributed by atoms with Gasteiger partial charge in [-0.3, -0.25) is 5.10 Å². The van der Waals surface area contributed by atoms with E-state index in [4.69, 9.17) is 0 Å². The lowest BCUT2D eigenvalue weighted by Gasteiger charge is -2.26. The van der Waals surface area contributed by atoms with Crippen LogP contribution in [0.2, 0.25) is 0 Å². The van der Waals surface area contributed by atoms with E-state index in [1.54, 1.807) is 4.88 Å². The molecule has 2 aromatic heterocycles. The molecule has 3 rings (SSSR count). The maximum absolute atomic E-state index is 4.01. The standard InChI is InChI=1S/C13H17N3S/c1-9(11-5-7-14-16-11)15-12-3-2-4-13-10(12)6-8-17-13/h5-9,12,15H,2-4H2,1H3,(H,14,16). The van der Waals surface area contributed by atoms with Gasteiger partial charge in [0, 0.05) is 23.2 Å². The molecule has 2 atom stereocenters. The predicted octanol–water partition coefficient (Wildman–Crippen LogP) is 3.20. The number of hydrogen-bond acceptors (Lipinski definition) is 3. The molecule has 0 saturated heterocycles. The van der Waals surface area contributed by atoms with Crippen molar-refractivity contribution in [3.8, 4) is 0 Å².